The molecule has 1 aliphatic carbocycles. The number of allylic oxidation sites excluding steroid dienone is 7. The Bertz CT molecular complexity index is 533. The second kappa shape index (κ2) is 10.6. The van der Waals surface area contributed by atoms with Crippen LogP contribution in [0.15, 0.2) is 54.1 Å². The van der Waals surface area contributed by atoms with Gasteiger partial charge in [-0.05, 0) is 26.7 Å². The summed E-state index contributed by atoms with van der Waals surface area (Å²) in [6.45, 7) is 17.9. The molecule has 0 radical (unpaired) electrons. The zero-order chi connectivity index (χ0) is 16.3. The number of nitrogens with zero attached hydrogens (tertiary/aromatic N) is 2. The Labute approximate surface area is 128 Å². The lowest BCUT2D eigenvalue weighted by Gasteiger charge is -2.07. The first-order valence-electron chi connectivity index (χ1n) is 7.23. The lowest BCUT2D eigenvalue weighted by atomic mass is 9.99. The van der Waals surface area contributed by atoms with Gasteiger partial charge in [-0.25, -0.2) is 0 Å². The molecule has 1 aromatic rings. The fourth-order valence-electron chi connectivity index (χ4n) is 1.68. The van der Waals surface area contributed by atoms with E-state index in [2.05, 4.69) is 49.0 Å². The van der Waals surface area contributed by atoms with Gasteiger partial charge in [0.2, 0.25) is 0 Å². The van der Waals surface area contributed by atoms with Crippen molar-refractivity contribution in [3.63, 3.8) is 0 Å². The second-order valence-electron chi connectivity index (χ2n) is 4.15. The van der Waals surface area contributed by atoms with Crippen molar-refractivity contribution in [3.8, 4) is 0 Å². The van der Waals surface area contributed by atoms with Crippen LogP contribution in [-0.4, -0.2) is 10.1 Å². The summed E-state index contributed by atoms with van der Waals surface area (Å²) in [6.07, 6.45) is 9.96. The number of hydrogen-bond acceptors (Lipinski definition) is 3. The largest absolute Gasteiger partial charge is 0.334 e. The van der Waals surface area contributed by atoms with Crippen molar-refractivity contribution in [1.29, 1.82) is 0 Å². The molecule has 1 heterocycles. The average molecular weight is 286 g/mol. The molecule has 0 aromatic carbocycles. The summed E-state index contributed by atoms with van der Waals surface area (Å²) in [6, 6.07) is 0. The first kappa shape index (κ1) is 18.8. The molecule has 0 amide bonds. The minimum Gasteiger partial charge on any atom is -0.334 e. The van der Waals surface area contributed by atoms with Crippen LogP contribution in [0.1, 0.15) is 52.3 Å². The van der Waals surface area contributed by atoms with E-state index in [1.54, 1.807) is 0 Å². The number of hydrogen-bond donors (Lipinski definition) is 0. The first-order valence-corrected chi connectivity index (χ1v) is 7.23. The summed E-state index contributed by atoms with van der Waals surface area (Å²) in [5.41, 5.74) is 3.25. The van der Waals surface area contributed by atoms with Gasteiger partial charge < -0.3 is 4.52 Å². The van der Waals surface area contributed by atoms with Crippen molar-refractivity contribution >= 4 is 11.1 Å². The molecule has 0 saturated heterocycles. The predicted octanol–water partition coefficient (Wildman–Crippen LogP) is 5.61. The molecule has 0 unspecified atom stereocenters. The predicted molar refractivity (Wildman–Crippen MR) is 91.7 cm³/mol. The second-order valence-corrected chi connectivity index (χ2v) is 4.15. The summed E-state index contributed by atoms with van der Waals surface area (Å²) in [4.78, 5) is 4.35. The van der Waals surface area contributed by atoms with Gasteiger partial charge in [-0.3, -0.25) is 0 Å². The molecular weight excluding hydrogens is 260 g/mol. The molecule has 2 rings (SSSR count). The lowest BCUT2D eigenvalue weighted by Crippen LogP contribution is -1.93. The van der Waals surface area contributed by atoms with E-state index < -0.39 is 0 Å². The molecule has 0 N–H and O–H groups in total. The minimum atomic E-state index is 0.491. The Morgan fingerprint density at radius 3 is 2.43 bits per heavy atom. The van der Waals surface area contributed by atoms with Crippen LogP contribution in [0.3, 0.4) is 0 Å². The summed E-state index contributed by atoms with van der Waals surface area (Å²) >= 11 is 0. The molecule has 21 heavy (non-hydrogen) atoms. The monoisotopic (exact) mass is 286 g/mol. The van der Waals surface area contributed by atoms with Gasteiger partial charge in [0, 0.05) is 11.1 Å². The Hall–Kier alpha value is -2.16. The maximum absolute atomic E-state index is 5.19. The van der Waals surface area contributed by atoms with Crippen LogP contribution < -0.4 is 0 Å². The van der Waals surface area contributed by atoms with Gasteiger partial charge in [0.25, 0.3) is 5.89 Å². The van der Waals surface area contributed by atoms with Gasteiger partial charge in [-0.2, -0.15) is 4.98 Å². The van der Waals surface area contributed by atoms with Crippen LogP contribution in [0.5, 0.6) is 0 Å². The summed E-state index contributed by atoms with van der Waals surface area (Å²) in [7, 11) is 0. The van der Waals surface area contributed by atoms with Crippen molar-refractivity contribution in [2.24, 2.45) is 0 Å². The van der Waals surface area contributed by atoms with Gasteiger partial charge in [-0.1, -0.05) is 55.5 Å². The highest BCUT2D eigenvalue weighted by molar-refractivity contribution is 5.68. The molecule has 3 heteroatoms. The molecule has 0 aliphatic heterocycles. The van der Waals surface area contributed by atoms with Gasteiger partial charge >= 0.3 is 0 Å². The Morgan fingerprint density at radius 1 is 1.24 bits per heavy atom. The van der Waals surface area contributed by atoms with E-state index in [-0.39, 0.29) is 0 Å². The minimum absolute atomic E-state index is 0.491. The topological polar surface area (TPSA) is 38.9 Å². The third kappa shape index (κ3) is 5.78. The highest BCUT2D eigenvalue weighted by Crippen LogP contribution is 2.25. The van der Waals surface area contributed by atoms with Crippen molar-refractivity contribution in [1.82, 2.24) is 10.1 Å². The van der Waals surface area contributed by atoms with Crippen molar-refractivity contribution in [3.05, 3.63) is 61.3 Å². The normalized spacial score (nSPS) is 13.3. The molecule has 0 saturated carbocycles. The van der Waals surface area contributed by atoms with Crippen molar-refractivity contribution in [2.75, 3.05) is 0 Å². The molecule has 1 aromatic heterocycles. The summed E-state index contributed by atoms with van der Waals surface area (Å²) in [5.74, 6) is 1.17. The van der Waals surface area contributed by atoms with Gasteiger partial charge in [0.1, 0.15) is 0 Å². The summed E-state index contributed by atoms with van der Waals surface area (Å²) in [5, 5.41) is 3.99. The Kier molecular flexibility index (Phi) is 9.52. The third-order valence-corrected chi connectivity index (χ3v) is 2.71. The third-order valence-electron chi connectivity index (χ3n) is 2.71. The zero-order valence-electron chi connectivity index (χ0n) is 13.6. The smallest absolute Gasteiger partial charge is 0.257 e. The standard InChI is InChI=1S/C14H16N2O.C2H6.C2H4/c1-4-5-11(3)14-15-13(16-17-14)12-8-6-10(2)7-9-12;2*1-2/h4-6,8H,3,7,9H2,1-2H3;1-2H3;1-2H2/b5-4-;;. The van der Waals surface area contributed by atoms with E-state index in [1.165, 1.54) is 5.57 Å². The maximum Gasteiger partial charge on any atom is 0.257 e. The molecule has 0 spiro atoms. The molecular formula is C18H26N2O. The molecule has 1 aliphatic rings. The molecule has 0 bridgehead atoms. The number of rotatable bonds is 3. The van der Waals surface area contributed by atoms with E-state index in [4.69, 9.17) is 4.52 Å². The number of aromatic nitrogens is 2. The van der Waals surface area contributed by atoms with Gasteiger partial charge in [-0.15, -0.1) is 13.2 Å². The fraction of sp³-hybridized carbons (Fsp3) is 0.333. The van der Waals surface area contributed by atoms with Crippen molar-refractivity contribution < 1.29 is 4.52 Å². The van der Waals surface area contributed by atoms with Crippen molar-refractivity contribution in [2.45, 2.75) is 40.5 Å². The van der Waals surface area contributed by atoms with Crippen LogP contribution in [0.4, 0.5) is 0 Å². The van der Waals surface area contributed by atoms with E-state index in [0.717, 1.165) is 24.0 Å². The quantitative estimate of drug-likeness (QED) is 0.535. The maximum atomic E-state index is 5.19. The molecule has 114 valence electrons. The lowest BCUT2D eigenvalue weighted by molar-refractivity contribution is 0.405. The van der Waals surface area contributed by atoms with E-state index in [0.29, 0.717) is 11.7 Å². The van der Waals surface area contributed by atoms with E-state index in [1.807, 2.05) is 32.9 Å². The highest BCUT2D eigenvalue weighted by Gasteiger charge is 2.13. The van der Waals surface area contributed by atoms with Crippen LogP contribution in [0.2, 0.25) is 0 Å². The first-order chi connectivity index (χ1) is 10.2. The Balaban J connectivity index is 0.000000921. The molecule has 0 fully saturated rings. The van der Waals surface area contributed by atoms with Gasteiger partial charge in [0.05, 0.1) is 0 Å². The van der Waals surface area contributed by atoms with Gasteiger partial charge in [0.15, 0.2) is 5.82 Å². The highest BCUT2D eigenvalue weighted by atomic mass is 16.5. The zero-order valence-corrected chi connectivity index (χ0v) is 13.6. The van der Waals surface area contributed by atoms with Crippen LogP contribution in [-0.2, 0) is 0 Å². The Morgan fingerprint density at radius 2 is 1.90 bits per heavy atom. The summed E-state index contributed by atoms with van der Waals surface area (Å²) < 4.78 is 5.19. The van der Waals surface area contributed by atoms with Crippen LogP contribution >= 0.6 is 0 Å². The van der Waals surface area contributed by atoms with E-state index in [9.17, 15) is 0 Å². The fourth-order valence-corrected chi connectivity index (χ4v) is 1.68. The SMILES string of the molecule is C=C.C=C(/C=C\C)c1nc(C2=CC=C(C)CC2)no1.CC. The molecule has 3 nitrogen and oxygen atoms in total. The van der Waals surface area contributed by atoms with Crippen LogP contribution in [0.25, 0.3) is 11.1 Å². The van der Waals surface area contributed by atoms with Crippen LogP contribution in [0, 0.1) is 0 Å². The van der Waals surface area contributed by atoms with E-state index >= 15 is 0 Å². The average Bonchev–Trinajstić information content (AvgIpc) is 3.02. The molecule has 0 atom stereocenters.